The first-order valence-corrected chi connectivity index (χ1v) is 6.96. The first-order valence-electron chi connectivity index (χ1n) is 6.08. The Bertz CT molecular complexity index is 533. The molecule has 0 saturated heterocycles. The van der Waals surface area contributed by atoms with Crippen LogP contribution in [0.5, 0.6) is 0 Å². The van der Waals surface area contributed by atoms with Crippen LogP contribution in [0.1, 0.15) is 27.6 Å². The summed E-state index contributed by atoms with van der Waals surface area (Å²) in [5.74, 6) is -0.159. The number of rotatable bonds is 4. The highest BCUT2D eigenvalue weighted by molar-refractivity contribution is 7.10. The number of halogens is 1. The Kier molecular flexibility index (Phi) is 4.15. The van der Waals surface area contributed by atoms with Crippen LogP contribution in [0.25, 0.3) is 0 Å². The lowest BCUT2D eigenvalue weighted by molar-refractivity contribution is 0.588. The van der Waals surface area contributed by atoms with Gasteiger partial charge < -0.3 is 5.32 Å². The van der Waals surface area contributed by atoms with Crippen LogP contribution in [0, 0.1) is 19.7 Å². The zero-order valence-electron chi connectivity index (χ0n) is 11.0. The lowest BCUT2D eigenvalue weighted by Crippen LogP contribution is -2.19. The van der Waals surface area contributed by atoms with Crippen LogP contribution in [-0.2, 0) is 6.42 Å². The monoisotopic (exact) mass is 263 g/mol. The summed E-state index contributed by atoms with van der Waals surface area (Å²) >= 11 is 1.76. The molecule has 96 valence electrons. The van der Waals surface area contributed by atoms with Crippen molar-refractivity contribution >= 4 is 11.3 Å². The van der Waals surface area contributed by atoms with E-state index < -0.39 is 0 Å². The van der Waals surface area contributed by atoms with E-state index in [1.54, 1.807) is 17.4 Å². The Morgan fingerprint density at radius 1 is 1.22 bits per heavy atom. The molecule has 1 heterocycles. The molecule has 1 unspecified atom stereocenters. The quantitative estimate of drug-likeness (QED) is 0.879. The molecule has 1 nitrogen and oxygen atoms in total. The van der Waals surface area contributed by atoms with E-state index in [9.17, 15) is 4.39 Å². The summed E-state index contributed by atoms with van der Waals surface area (Å²) in [4.78, 5) is 1.33. The standard InChI is InChI=1S/C15H18FNS/c1-10-4-5-13(16)8-12(10)9-14(17-3)15-11(2)6-7-18-15/h4-8,14,17H,9H2,1-3H3. The molecule has 0 amide bonds. The van der Waals surface area contributed by atoms with Crippen molar-refractivity contribution in [3.63, 3.8) is 0 Å². The Labute approximate surface area is 112 Å². The Morgan fingerprint density at radius 3 is 2.61 bits per heavy atom. The Hall–Kier alpha value is -1.19. The SMILES string of the molecule is CNC(Cc1cc(F)ccc1C)c1sccc1C. The van der Waals surface area contributed by atoms with Crippen LogP contribution in [0.4, 0.5) is 4.39 Å². The van der Waals surface area contributed by atoms with E-state index >= 15 is 0 Å². The third-order valence-electron chi connectivity index (χ3n) is 3.30. The zero-order chi connectivity index (χ0) is 13.1. The number of benzene rings is 1. The predicted molar refractivity (Wildman–Crippen MR) is 75.7 cm³/mol. The summed E-state index contributed by atoms with van der Waals surface area (Å²) in [6.07, 6.45) is 0.821. The molecule has 1 N–H and O–H groups in total. The van der Waals surface area contributed by atoms with Crippen molar-refractivity contribution in [2.45, 2.75) is 26.3 Å². The van der Waals surface area contributed by atoms with Crippen LogP contribution in [0.2, 0.25) is 0 Å². The lowest BCUT2D eigenvalue weighted by Gasteiger charge is -2.17. The molecule has 1 aromatic carbocycles. The fourth-order valence-electron chi connectivity index (χ4n) is 2.15. The van der Waals surface area contributed by atoms with E-state index in [-0.39, 0.29) is 11.9 Å². The van der Waals surface area contributed by atoms with Gasteiger partial charge in [0.2, 0.25) is 0 Å². The maximum Gasteiger partial charge on any atom is 0.123 e. The minimum Gasteiger partial charge on any atom is -0.312 e. The van der Waals surface area contributed by atoms with E-state index in [2.05, 4.69) is 23.7 Å². The van der Waals surface area contributed by atoms with Crippen LogP contribution in [0.15, 0.2) is 29.6 Å². The molecule has 2 aromatic rings. The van der Waals surface area contributed by atoms with Gasteiger partial charge in [-0.15, -0.1) is 11.3 Å². The second-order valence-corrected chi connectivity index (χ2v) is 5.53. The molecule has 3 heteroatoms. The molecule has 0 spiro atoms. The fraction of sp³-hybridized carbons (Fsp3) is 0.333. The normalized spacial score (nSPS) is 12.7. The first kappa shape index (κ1) is 13.2. The van der Waals surface area contributed by atoms with E-state index in [4.69, 9.17) is 0 Å². The minimum absolute atomic E-state index is 0.159. The molecule has 2 rings (SSSR count). The van der Waals surface area contributed by atoms with Crippen molar-refractivity contribution in [1.29, 1.82) is 0 Å². The summed E-state index contributed by atoms with van der Waals surface area (Å²) in [5, 5.41) is 5.43. The smallest absolute Gasteiger partial charge is 0.123 e. The number of hydrogen-bond acceptors (Lipinski definition) is 2. The topological polar surface area (TPSA) is 12.0 Å². The van der Waals surface area contributed by atoms with E-state index in [1.165, 1.54) is 16.5 Å². The van der Waals surface area contributed by atoms with Gasteiger partial charge in [0.15, 0.2) is 0 Å². The van der Waals surface area contributed by atoms with Gasteiger partial charge >= 0.3 is 0 Å². The number of nitrogens with one attached hydrogen (secondary N) is 1. The molecule has 0 radical (unpaired) electrons. The lowest BCUT2D eigenvalue weighted by atomic mass is 9.99. The van der Waals surface area contributed by atoms with Crippen LogP contribution < -0.4 is 5.32 Å². The molecule has 18 heavy (non-hydrogen) atoms. The highest BCUT2D eigenvalue weighted by Crippen LogP contribution is 2.27. The van der Waals surface area contributed by atoms with Crippen molar-refractivity contribution < 1.29 is 4.39 Å². The van der Waals surface area contributed by atoms with Gasteiger partial charge in [-0.25, -0.2) is 4.39 Å². The second kappa shape index (κ2) is 5.63. The molecule has 1 atom stereocenters. The van der Waals surface area contributed by atoms with Gasteiger partial charge in [0.25, 0.3) is 0 Å². The summed E-state index contributed by atoms with van der Waals surface area (Å²) < 4.78 is 13.3. The predicted octanol–water partition coefficient (Wildman–Crippen LogP) is 4.01. The molecular weight excluding hydrogens is 245 g/mol. The number of likely N-dealkylation sites (N-methyl/N-ethyl adjacent to an activating group) is 1. The summed E-state index contributed by atoms with van der Waals surface area (Å²) in [6, 6.07) is 7.39. The highest BCUT2D eigenvalue weighted by Gasteiger charge is 2.15. The average molecular weight is 263 g/mol. The Morgan fingerprint density at radius 2 is 2.00 bits per heavy atom. The van der Waals surface area contributed by atoms with Gasteiger partial charge in [-0.3, -0.25) is 0 Å². The molecular formula is C15H18FNS. The largest absolute Gasteiger partial charge is 0.312 e. The molecule has 0 saturated carbocycles. The van der Waals surface area contributed by atoms with Crippen molar-refractivity contribution in [3.8, 4) is 0 Å². The molecule has 0 aliphatic rings. The van der Waals surface area contributed by atoms with E-state index in [0.717, 1.165) is 17.5 Å². The third-order valence-corrected chi connectivity index (χ3v) is 4.43. The van der Waals surface area contributed by atoms with Gasteiger partial charge in [-0.05, 0) is 67.6 Å². The number of aryl methyl sites for hydroxylation is 2. The van der Waals surface area contributed by atoms with Gasteiger partial charge in [-0.1, -0.05) is 6.07 Å². The summed E-state index contributed by atoms with van der Waals surface area (Å²) in [5.41, 5.74) is 3.52. The van der Waals surface area contributed by atoms with Crippen LogP contribution >= 0.6 is 11.3 Å². The Balaban J connectivity index is 2.26. The van der Waals surface area contributed by atoms with Crippen LogP contribution in [-0.4, -0.2) is 7.05 Å². The zero-order valence-corrected chi connectivity index (χ0v) is 11.8. The fourth-order valence-corrected chi connectivity index (χ4v) is 3.19. The third kappa shape index (κ3) is 2.79. The second-order valence-electron chi connectivity index (χ2n) is 4.58. The molecule has 0 bridgehead atoms. The molecule has 0 fully saturated rings. The van der Waals surface area contributed by atoms with Gasteiger partial charge in [0.05, 0.1) is 0 Å². The van der Waals surface area contributed by atoms with Crippen molar-refractivity contribution in [2.24, 2.45) is 0 Å². The summed E-state index contributed by atoms with van der Waals surface area (Å²) in [6.45, 7) is 4.15. The van der Waals surface area contributed by atoms with E-state index in [0.29, 0.717) is 0 Å². The van der Waals surface area contributed by atoms with Crippen molar-refractivity contribution in [1.82, 2.24) is 5.32 Å². The average Bonchev–Trinajstić information content (AvgIpc) is 2.77. The summed E-state index contributed by atoms with van der Waals surface area (Å²) in [7, 11) is 1.96. The number of hydrogen-bond donors (Lipinski definition) is 1. The molecule has 0 aliphatic carbocycles. The highest BCUT2D eigenvalue weighted by atomic mass is 32.1. The molecule has 0 aliphatic heterocycles. The van der Waals surface area contributed by atoms with Gasteiger partial charge in [0.1, 0.15) is 5.82 Å². The van der Waals surface area contributed by atoms with Gasteiger partial charge in [-0.2, -0.15) is 0 Å². The van der Waals surface area contributed by atoms with Crippen molar-refractivity contribution in [3.05, 3.63) is 57.0 Å². The van der Waals surface area contributed by atoms with Crippen LogP contribution in [0.3, 0.4) is 0 Å². The number of thiophene rings is 1. The first-order chi connectivity index (χ1) is 8.61. The van der Waals surface area contributed by atoms with Crippen molar-refractivity contribution in [2.75, 3.05) is 7.05 Å². The maximum absolute atomic E-state index is 13.3. The van der Waals surface area contributed by atoms with E-state index in [1.807, 2.05) is 20.0 Å². The minimum atomic E-state index is -0.159. The van der Waals surface area contributed by atoms with Gasteiger partial charge in [0, 0.05) is 10.9 Å². The molecule has 1 aromatic heterocycles. The maximum atomic E-state index is 13.3.